The van der Waals surface area contributed by atoms with Crippen molar-refractivity contribution in [3.05, 3.63) is 29.3 Å². The first kappa shape index (κ1) is 11.8. The predicted octanol–water partition coefficient (Wildman–Crippen LogP) is 3.41. The summed E-state index contributed by atoms with van der Waals surface area (Å²) in [5.41, 5.74) is 0.496. The summed E-state index contributed by atoms with van der Waals surface area (Å²) in [4.78, 5) is 4.09. The Kier molecular flexibility index (Phi) is 3.01. The Morgan fingerprint density at radius 2 is 2.06 bits per heavy atom. The van der Waals surface area contributed by atoms with Crippen LogP contribution < -0.4 is 4.74 Å². The Bertz CT molecular complexity index is 524. The molecule has 0 radical (unpaired) electrons. The van der Waals surface area contributed by atoms with E-state index in [4.69, 9.17) is 0 Å². The van der Waals surface area contributed by atoms with Gasteiger partial charge in [0.05, 0.1) is 0 Å². The highest BCUT2D eigenvalue weighted by atomic mass is 32.1. The summed E-state index contributed by atoms with van der Waals surface area (Å²) in [5.74, 6) is 0.127. The Balaban J connectivity index is 2.29. The molecule has 0 aliphatic carbocycles. The number of ether oxygens (including phenoxy) is 1. The second kappa shape index (κ2) is 4.33. The van der Waals surface area contributed by atoms with Crippen molar-refractivity contribution in [3.63, 3.8) is 0 Å². The third kappa shape index (κ3) is 3.16. The lowest BCUT2D eigenvalue weighted by Gasteiger charge is -2.08. The van der Waals surface area contributed by atoms with Gasteiger partial charge in [0.25, 0.3) is 0 Å². The fraction of sp³-hybridized carbons (Fsp3) is 0.200. The van der Waals surface area contributed by atoms with Crippen LogP contribution in [0.25, 0.3) is 11.4 Å². The summed E-state index contributed by atoms with van der Waals surface area (Å²) in [5, 5.41) is 0.752. The minimum Gasteiger partial charge on any atom is -0.406 e. The van der Waals surface area contributed by atoms with Crippen LogP contribution in [-0.4, -0.2) is 15.7 Å². The van der Waals surface area contributed by atoms with E-state index in [0.29, 0.717) is 11.4 Å². The van der Waals surface area contributed by atoms with Gasteiger partial charge in [-0.05, 0) is 30.6 Å². The van der Waals surface area contributed by atoms with Gasteiger partial charge in [0.2, 0.25) is 0 Å². The third-order valence-electron chi connectivity index (χ3n) is 1.85. The molecule has 0 N–H and O–H groups in total. The van der Waals surface area contributed by atoms with E-state index in [1.807, 2.05) is 0 Å². The van der Waals surface area contributed by atoms with Gasteiger partial charge in [-0.3, -0.25) is 0 Å². The van der Waals surface area contributed by atoms with Crippen LogP contribution in [0.15, 0.2) is 24.3 Å². The first-order valence-electron chi connectivity index (χ1n) is 4.60. The van der Waals surface area contributed by atoms with Gasteiger partial charge in [-0.1, -0.05) is 12.1 Å². The highest BCUT2D eigenvalue weighted by Gasteiger charge is 2.31. The summed E-state index contributed by atoms with van der Waals surface area (Å²) in [6.45, 7) is 1.78. The molecule has 3 nitrogen and oxygen atoms in total. The van der Waals surface area contributed by atoms with Crippen LogP contribution in [-0.2, 0) is 0 Å². The van der Waals surface area contributed by atoms with Gasteiger partial charge in [0.1, 0.15) is 10.8 Å². The minimum absolute atomic E-state index is 0.276. The lowest BCUT2D eigenvalue weighted by molar-refractivity contribution is -0.274. The Morgan fingerprint density at radius 3 is 2.65 bits per heavy atom. The average molecular weight is 260 g/mol. The normalized spacial score (nSPS) is 11.5. The van der Waals surface area contributed by atoms with E-state index in [9.17, 15) is 13.2 Å². The lowest BCUT2D eigenvalue weighted by atomic mass is 10.2. The van der Waals surface area contributed by atoms with Gasteiger partial charge in [-0.2, -0.15) is 4.37 Å². The van der Waals surface area contributed by atoms with E-state index < -0.39 is 6.36 Å². The van der Waals surface area contributed by atoms with Gasteiger partial charge in [0, 0.05) is 5.56 Å². The molecular formula is C10H7F3N2OS. The zero-order valence-corrected chi connectivity index (χ0v) is 9.47. The van der Waals surface area contributed by atoms with Crippen molar-refractivity contribution in [1.82, 2.24) is 9.36 Å². The molecule has 0 bridgehead atoms. The average Bonchev–Trinajstić information content (AvgIpc) is 2.63. The topological polar surface area (TPSA) is 35.0 Å². The van der Waals surface area contributed by atoms with Crippen LogP contribution in [0.3, 0.4) is 0 Å². The zero-order chi connectivity index (χ0) is 12.5. The van der Waals surface area contributed by atoms with Gasteiger partial charge in [-0.15, -0.1) is 13.2 Å². The molecule has 90 valence electrons. The maximum absolute atomic E-state index is 12.0. The van der Waals surface area contributed by atoms with E-state index in [1.165, 1.54) is 29.7 Å². The molecule has 0 spiro atoms. The summed E-state index contributed by atoms with van der Waals surface area (Å²) >= 11 is 1.19. The first-order valence-corrected chi connectivity index (χ1v) is 5.38. The SMILES string of the molecule is Cc1nc(-c2cccc(OC(F)(F)F)c2)ns1. The number of benzene rings is 1. The van der Waals surface area contributed by atoms with Crippen LogP contribution in [0, 0.1) is 6.92 Å². The number of nitrogens with zero attached hydrogens (tertiary/aromatic N) is 2. The molecule has 0 saturated carbocycles. The fourth-order valence-corrected chi connectivity index (χ4v) is 1.74. The highest BCUT2D eigenvalue weighted by molar-refractivity contribution is 7.05. The highest BCUT2D eigenvalue weighted by Crippen LogP contribution is 2.27. The van der Waals surface area contributed by atoms with Crippen molar-refractivity contribution in [2.45, 2.75) is 13.3 Å². The molecule has 0 unspecified atom stereocenters. The first-order chi connectivity index (χ1) is 7.94. The molecule has 1 heterocycles. The van der Waals surface area contributed by atoms with Crippen molar-refractivity contribution in [3.8, 4) is 17.1 Å². The molecule has 0 aliphatic heterocycles. The van der Waals surface area contributed by atoms with Crippen molar-refractivity contribution in [1.29, 1.82) is 0 Å². The Hall–Kier alpha value is -1.63. The van der Waals surface area contributed by atoms with Gasteiger partial charge in [0.15, 0.2) is 5.82 Å². The maximum Gasteiger partial charge on any atom is 0.573 e. The molecule has 1 aromatic carbocycles. The van der Waals surface area contributed by atoms with Gasteiger partial charge < -0.3 is 4.74 Å². The molecular weight excluding hydrogens is 253 g/mol. The molecule has 1 aromatic heterocycles. The number of alkyl halides is 3. The zero-order valence-electron chi connectivity index (χ0n) is 8.65. The molecule has 0 amide bonds. The van der Waals surface area contributed by atoms with E-state index in [0.717, 1.165) is 5.01 Å². The molecule has 7 heteroatoms. The predicted molar refractivity (Wildman–Crippen MR) is 56.8 cm³/mol. The Labute approximate surface area is 99.0 Å². The van der Waals surface area contributed by atoms with E-state index >= 15 is 0 Å². The standard InChI is InChI=1S/C10H7F3N2OS/c1-6-14-9(15-17-6)7-3-2-4-8(5-7)16-10(11,12)13/h2-5H,1H3. The summed E-state index contributed by atoms with van der Waals surface area (Å²) in [7, 11) is 0. The molecule has 0 saturated heterocycles. The molecule has 0 fully saturated rings. The largest absolute Gasteiger partial charge is 0.573 e. The van der Waals surface area contributed by atoms with Crippen molar-refractivity contribution in [2.24, 2.45) is 0 Å². The van der Waals surface area contributed by atoms with Crippen LogP contribution in [0.1, 0.15) is 5.01 Å². The summed E-state index contributed by atoms with van der Waals surface area (Å²) in [6.07, 6.45) is -4.69. The van der Waals surface area contributed by atoms with Crippen molar-refractivity contribution >= 4 is 11.5 Å². The summed E-state index contributed by atoms with van der Waals surface area (Å²) < 4.78 is 43.9. The molecule has 17 heavy (non-hydrogen) atoms. The van der Waals surface area contributed by atoms with E-state index in [-0.39, 0.29) is 5.75 Å². The number of rotatable bonds is 2. The van der Waals surface area contributed by atoms with E-state index in [2.05, 4.69) is 14.1 Å². The van der Waals surface area contributed by atoms with Crippen molar-refractivity contribution < 1.29 is 17.9 Å². The van der Waals surface area contributed by atoms with Crippen molar-refractivity contribution in [2.75, 3.05) is 0 Å². The second-order valence-corrected chi connectivity index (χ2v) is 4.17. The van der Waals surface area contributed by atoms with Crippen LogP contribution in [0.4, 0.5) is 13.2 Å². The van der Waals surface area contributed by atoms with Crippen LogP contribution in [0.2, 0.25) is 0 Å². The number of hydrogen-bond donors (Lipinski definition) is 0. The lowest BCUT2D eigenvalue weighted by Crippen LogP contribution is -2.17. The molecule has 0 aliphatic rings. The van der Waals surface area contributed by atoms with Gasteiger partial charge >= 0.3 is 6.36 Å². The summed E-state index contributed by atoms with van der Waals surface area (Å²) in [6, 6.07) is 5.59. The smallest absolute Gasteiger partial charge is 0.406 e. The quantitative estimate of drug-likeness (QED) is 0.830. The number of hydrogen-bond acceptors (Lipinski definition) is 4. The Morgan fingerprint density at radius 1 is 1.29 bits per heavy atom. The molecule has 2 aromatic rings. The van der Waals surface area contributed by atoms with E-state index in [1.54, 1.807) is 13.0 Å². The molecule has 2 rings (SSSR count). The molecule has 0 atom stereocenters. The van der Waals surface area contributed by atoms with Crippen LogP contribution >= 0.6 is 11.5 Å². The number of aromatic nitrogens is 2. The monoisotopic (exact) mass is 260 g/mol. The van der Waals surface area contributed by atoms with Gasteiger partial charge in [-0.25, -0.2) is 4.98 Å². The van der Waals surface area contributed by atoms with Crippen LogP contribution in [0.5, 0.6) is 5.75 Å². The third-order valence-corrected chi connectivity index (χ3v) is 2.47. The fourth-order valence-electron chi connectivity index (χ4n) is 1.25. The number of aryl methyl sites for hydroxylation is 1. The number of halogens is 3. The minimum atomic E-state index is -4.69. The maximum atomic E-state index is 12.0. The second-order valence-electron chi connectivity index (χ2n) is 3.21.